The summed E-state index contributed by atoms with van der Waals surface area (Å²) >= 11 is 0. The maximum absolute atomic E-state index is 13.2. The van der Waals surface area contributed by atoms with Crippen LogP contribution in [0, 0.1) is 0 Å². The SMILES string of the molecule is COC(=O)C(OOC(C)(C)C)C(C(=O)OC)[Si](C)(c1ccccc1)c1ccccc1. The number of hydrogen-bond acceptors (Lipinski definition) is 6. The Hall–Kier alpha value is -2.48. The number of hydrogen-bond donors (Lipinski definition) is 0. The Morgan fingerprint density at radius 1 is 0.800 bits per heavy atom. The van der Waals surface area contributed by atoms with Crippen LogP contribution in [-0.2, 0) is 28.8 Å². The first-order chi connectivity index (χ1) is 14.1. The molecule has 2 aromatic rings. The first-order valence-corrected chi connectivity index (χ1v) is 12.3. The summed E-state index contributed by atoms with van der Waals surface area (Å²) in [6.45, 7) is 7.40. The lowest BCUT2D eigenvalue weighted by atomic mass is 10.2. The third-order valence-electron chi connectivity index (χ3n) is 4.96. The molecule has 2 rings (SSSR count). The Morgan fingerprint density at radius 3 is 1.60 bits per heavy atom. The van der Waals surface area contributed by atoms with E-state index < -0.39 is 37.3 Å². The third kappa shape index (κ3) is 5.36. The van der Waals surface area contributed by atoms with Crippen LogP contribution in [0.4, 0.5) is 0 Å². The van der Waals surface area contributed by atoms with Crippen molar-refractivity contribution in [2.24, 2.45) is 0 Å². The first kappa shape index (κ1) is 23.8. The van der Waals surface area contributed by atoms with Gasteiger partial charge in [-0.15, -0.1) is 0 Å². The normalized spacial score (nSPS) is 13.9. The minimum Gasteiger partial charge on any atom is -0.469 e. The summed E-state index contributed by atoms with van der Waals surface area (Å²) in [4.78, 5) is 37.0. The van der Waals surface area contributed by atoms with Crippen molar-refractivity contribution >= 4 is 30.4 Å². The second-order valence-electron chi connectivity index (χ2n) is 8.17. The van der Waals surface area contributed by atoms with Crippen LogP contribution in [0.2, 0.25) is 12.1 Å². The Labute approximate surface area is 179 Å². The van der Waals surface area contributed by atoms with Gasteiger partial charge in [0, 0.05) is 0 Å². The molecule has 0 saturated heterocycles. The molecule has 0 heterocycles. The molecule has 0 N–H and O–H groups in total. The summed E-state index contributed by atoms with van der Waals surface area (Å²) < 4.78 is 10.2. The van der Waals surface area contributed by atoms with Crippen LogP contribution in [0.3, 0.4) is 0 Å². The Kier molecular flexibility index (Phi) is 7.94. The highest BCUT2D eigenvalue weighted by atomic mass is 28.3. The molecule has 0 saturated carbocycles. The summed E-state index contributed by atoms with van der Waals surface area (Å²) in [5.41, 5.74) is -1.63. The van der Waals surface area contributed by atoms with Gasteiger partial charge < -0.3 is 9.47 Å². The molecule has 0 aliphatic heterocycles. The molecular weight excluding hydrogens is 400 g/mol. The van der Waals surface area contributed by atoms with Crippen molar-refractivity contribution in [2.75, 3.05) is 14.2 Å². The zero-order valence-corrected chi connectivity index (χ0v) is 19.4. The van der Waals surface area contributed by atoms with Gasteiger partial charge in [-0.1, -0.05) is 77.6 Å². The average molecular weight is 431 g/mol. The summed E-state index contributed by atoms with van der Waals surface area (Å²) in [7, 11) is -0.371. The van der Waals surface area contributed by atoms with E-state index in [0.717, 1.165) is 10.4 Å². The maximum atomic E-state index is 13.2. The lowest BCUT2D eigenvalue weighted by molar-refractivity contribution is -0.367. The van der Waals surface area contributed by atoms with Crippen molar-refractivity contribution in [1.29, 1.82) is 0 Å². The number of carbonyl (C=O) groups excluding carboxylic acids is 2. The van der Waals surface area contributed by atoms with Gasteiger partial charge in [0.25, 0.3) is 0 Å². The van der Waals surface area contributed by atoms with Crippen molar-refractivity contribution in [2.45, 2.75) is 44.6 Å². The summed E-state index contributed by atoms with van der Waals surface area (Å²) in [6.07, 6.45) is -1.29. The van der Waals surface area contributed by atoms with Crippen LogP contribution in [0.1, 0.15) is 20.8 Å². The van der Waals surface area contributed by atoms with Gasteiger partial charge in [-0.05, 0) is 20.8 Å². The second-order valence-corrected chi connectivity index (χ2v) is 12.4. The minimum atomic E-state index is -2.93. The average Bonchev–Trinajstić information content (AvgIpc) is 2.75. The van der Waals surface area contributed by atoms with E-state index in [4.69, 9.17) is 19.2 Å². The fraction of sp³-hybridized carbons (Fsp3) is 0.391. The van der Waals surface area contributed by atoms with Gasteiger partial charge in [0.2, 0.25) is 6.10 Å². The molecule has 2 aromatic carbocycles. The van der Waals surface area contributed by atoms with E-state index in [9.17, 15) is 9.59 Å². The molecule has 0 aliphatic carbocycles. The van der Waals surface area contributed by atoms with Crippen molar-refractivity contribution in [3.05, 3.63) is 60.7 Å². The van der Waals surface area contributed by atoms with Gasteiger partial charge in [0.15, 0.2) is 0 Å². The summed E-state index contributed by atoms with van der Waals surface area (Å²) in [6, 6.07) is 19.3. The molecule has 0 radical (unpaired) electrons. The van der Waals surface area contributed by atoms with Crippen LogP contribution in [0.25, 0.3) is 0 Å². The fourth-order valence-corrected chi connectivity index (χ4v) is 7.63. The number of benzene rings is 2. The number of ether oxygens (including phenoxy) is 2. The second kappa shape index (κ2) is 10.0. The molecule has 0 aliphatic rings. The van der Waals surface area contributed by atoms with Gasteiger partial charge in [-0.3, -0.25) is 4.79 Å². The number of carbonyl (C=O) groups is 2. The van der Waals surface area contributed by atoms with Crippen LogP contribution in [-0.4, -0.2) is 45.9 Å². The van der Waals surface area contributed by atoms with E-state index in [1.807, 2.05) is 67.2 Å². The van der Waals surface area contributed by atoms with E-state index in [-0.39, 0.29) is 0 Å². The summed E-state index contributed by atoms with van der Waals surface area (Å²) in [5.74, 6) is -1.25. The molecule has 7 heteroatoms. The van der Waals surface area contributed by atoms with E-state index in [1.54, 1.807) is 20.8 Å². The Balaban J connectivity index is 2.71. The molecule has 2 atom stereocenters. The van der Waals surface area contributed by atoms with Crippen LogP contribution < -0.4 is 10.4 Å². The molecule has 30 heavy (non-hydrogen) atoms. The van der Waals surface area contributed by atoms with Gasteiger partial charge in [-0.2, -0.15) is 0 Å². The van der Waals surface area contributed by atoms with Crippen LogP contribution in [0.5, 0.6) is 0 Å². The molecule has 162 valence electrons. The molecule has 0 bridgehead atoms. The van der Waals surface area contributed by atoms with Gasteiger partial charge in [0.05, 0.1) is 25.4 Å². The largest absolute Gasteiger partial charge is 0.469 e. The van der Waals surface area contributed by atoms with Gasteiger partial charge >= 0.3 is 11.9 Å². The molecular formula is C23H30O6Si. The number of esters is 2. The fourth-order valence-electron chi connectivity index (χ4n) is 3.43. The molecule has 0 aromatic heterocycles. The quantitative estimate of drug-likeness (QED) is 0.278. The van der Waals surface area contributed by atoms with E-state index >= 15 is 0 Å². The standard InChI is InChI=1S/C23H30O6Si/c1-23(2,3)29-28-19(21(24)26-4)20(22(25)27-5)30(6,17-13-9-7-10-14-17)18-15-11-8-12-16-18/h7-16,19-20H,1-6H3. The predicted molar refractivity (Wildman–Crippen MR) is 117 cm³/mol. The lowest BCUT2D eigenvalue weighted by Gasteiger charge is -2.38. The van der Waals surface area contributed by atoms with E-state index in [1.165, 1.54) is 14.2 Å². The van der Waals surface area contributed by atoms with E-state index in [0.29, 0.717) is 0 Å². The highest BCUT2D eigenvalue weighted by molar-refractivity contribution is 7.04. The van der Waals surface area contributed by atoms with Gasteiger partial charge in [0.1, 0.15) is 8.07 Å². The molecule has 0 fully saturated rings. The molecule has 2 unspecified atom stereocenters. The van der Waals surface area contributed by atoms with E-state index in [2.05, 4.69) is 0 Å². The molecule has 0 amide bonds. The predicted octanol–water partition coefficient (Wildman–Crippen LogP) is 2.71. The van der Waals surface area contributed by atoms with Gasteiger partial charge in [-0.25, -0.2) is 14.6 Å². The zero-order valence-electron chi connectivity index (χ0n) is 18.4. The highest BCUT2D eigenvalue weighted by Gasteiger charge is 2.53. The topological polar surface area (TPSA) is 71.1 Å². The first-order valence-electron chi connectivity index (χ1n) is 9.76. The van der Waals surface area contributed by atoms with Crippen molar-refractivity contribution in [1.82, 2.24) is 0 Å². The smallest absolute Gasteiger partial charge is 0.339 e. The van der Waals surface area contributed by atoms with Crippen molar-refractivity contribution < 1.29 is 28.8 Å². The molecule has 6 nitrogen and oxygen atoms in total. The maximum Gasteiger partial charge on any atom is 0.339 e. The third-order valence-corrected chi connectivity index (χ3v) is 9.81. The molecule has 0 spiro atoms. The lowest BCUT2D eigenvalue weighted by Crippen LogP contribution is -2.65. The van der Waals surface area contributed by atoms with Crippen LogP contribution in [0.15, 0.2) is 60.7 Å². The highest BCUT2D eigenvalue weighted by Crippen LogP contribution is 2.31. The number of methoxy groups -OCH3 is 2. The van der Waals surface area contributed by atoms with Crippen molar-refractivity contribution in [3.8, 4) is 0 Å². The monoisotopic (exact) mass is 430 g/mol. The number of rotatable bonds is 8. The minimum absolute atomic E-state index is 0.551. The summed E-state index contributed by atoms with van der Waals surface area (Å²) in [5, 5.41) is 1.92. The Morgan fingerprint density at radius 2 is 1.23 bits per heavy atom. The van der Waals surface area contributed by atoms with Crippen LogP contribution >= 0.6 is 0 Å². The zero-order chi connectivity index (χ0) is 22.4. The Bertz CT molecular complexity index is 792. The van der Waals surface area contributed by atoms with Crippen molar-refractivity contribution in [3.63, 3.8) is 0 Å².